The molecule has 1 aromatic heterocycles. The molecule has 1 saturated heterocycles. The second kappa shape index (κ2) is 13.7. The molecular formula is C29H34N4O6. The second-order valence-electron chi connectivity index (χ2n) is 9.57. The second-order valence-corrected chi connectivity index (χ2v) is 9.57. The topological polar surface area (TPSA) is 109 Å². The van der Waals surface area contributed by atoms with Crippen molar-refractivity contribution in [3.63, 3.8) is 0 Å². The van der Waals surface area contributed by atoms with Gasteiger partial charge in [-0.05, 0) is 37.1 Å². The van der Waals surface area contributed by atoms with Gasteiger partial charge in [-0.25, -0.2) is 0 Å². The van der Waals surface area contributed by atoms with Crippen molar-refractivity contribution in [3.8, 4) is 0 Å². The fraction of sp³-hybridized carbons (Fsp3) is 0.379. The number of aryl methyl sites for hydroxylation is 1. The van der Waals surface area contributed by atoms with Crippen molar-refractivity contribution in [2.45, 2.75) is 19.9 Å². The van der Waals surface area contributed by atoms with Crippen LogP contribution < -0.4 is 0 Å². The Morgan fingerprint density at radius 1 is 1.00 bits per heavy atom. The van der Waals surface area contributed by atoms with Crippen molar-refractivity contribution in [1.29, 1.82) is 0 Å². The smallest absolute Gasteiger partial charge is 0.273 e. The number of nitro groups is 1. The average Bonchev–Trinajstić information content (AvgIpc) is 3.47. The molecule has 0 N–H and O–H groups in total. The van der Waals surface area contributed by atoms with Crippen molar-refractivity contribution in [3.05, 3.63) is 99.5 Å². The molecular weight excluding hydrogens is 500 g/mol. The third-order valence-corrected chi connectivity index (χ3v) is 6.85. The molecule has 1 fully saturated rings. The summed E-state index contributed by atoms with van der Waals surface area (Å²) in [6.07, 6.45) is 2.22. The van der Waals surface area contributed by atoms with Crippen LogP contribution in [0.1, 0.15) is 27.2 Å². The molecule has 2 aromatic carbocycles. The highest BCUT2D eigenvalue weighted by Gasteiger charge is 2.25. The van der Waals surface area contributed by atoms with Crippen LogP contribution in [0.3, 0.4) is 0 Å². The van der Waals surface area contributed by atoms with Gasteiger partial charge in [-0.3, -0.25) is 24.6 Å². The molecule has 2 heterocycles. The summed E-state index contributed by atoms with van der Waals surface area (Å²) >= 11 is 0. The van der Waals surface area contributed by atoms with Crippen LogP contribution in [0.25, 0.3) is 0 Å². The van der Waals surface area contributed by atoms with Gasteiger partial charge in [0.05, 0.1) is 30.9 Å². The molecule has 1 aliphatic heterocycles. The van der Waals surface area contributed by atoms with Crippen molar-refractivity contribution in [2.75, 3.05) is 52.5 Å². The van der Waals surface area contributed by atoms with Crippen molar-refractivity contribution >= 4 is 17.5 Å². The highest BCUT2D eigenvalue weighted by molar-refractivity contribution is 5.97. The summed E-state index contributed by atoms with van der Waals surface area (Å²) in [5.41, 5.74) is 1.63. The number of benzene rings is 2. The Morgan fingerprint density at radius 3 is 2.46 bits per heavy atom. The van der Waals surface area contributed by atoms with E-state index in [4.69, 9.17) is 9.15 Å². The lowest BCUT2D eigenvalue weighted by Gasteiger charge is -2.31. The number of furan rings is 1. The lowest BCUT2D eigenvalue weighted by atomic mass is 10.1. The first-order chi connectivity index (χ1) is 18.9. The maximum Gasteiger partial charge on any atom is 0.273 e. The summed E-state index contributed by atoms with van der Waals surface area (Å²) in [4.78, 5) is 43.7. The van der Waals surface area contributed by atoms with E-state index in [0.29, 0.717) is 50.6 Å². The van der Waals surface area contributed by atoms with Gasteiger partial charge < -0.3 is 19.0 Å². The highest BCUT2D eigenvalue weighted by atomic mass is 16.6. The number of hydrogen-bond donors (Lipinski definition) is 0. The fourth-order valence-corrected chi connectivity index (χ4v) is 4.52. The zero-order valence-corrected chi connectivity index (χ0v) is 22.2. The molecule has 39 heavy (non-hydrogen) atoms. The number of amides is 2. The SMILES string of the molecule is Cc1ccc(C(=O)N(CCN2CCOCC2)CC(=O)N(CCc2ccccc2)Cc2ccco2)cc1[N+](=O)[O-]. The van der Waals surface area contributed by atoms with Crippen LogP contribution >= 0.6 is 0 Å². The summed E-state index contributed by atoms with van der Waals surface area (Å²) in [5.74, 6) is 0.0109. The minimum Gasteiger partial charge on any atom is -0.467 e. The number of carbonyl (C=O) groups excluding carboxylic acids is 2. The maximum atomic E-state index is 13.7. The number of carbonyl (C=O) groups is 2. The standard InChI is InChI=1S/C29H34N4O6/c1-23-9-10-25(20-27(23)33(36)37)29(35)32(14-13-30-15-18-38-19-16-30)22-28(34)31(21-26-8-5-17-39-26)12-11-24-6-3-2-4-7-24/h2-10,17,20H,11-16,18-19,21-22H2,1H3. The quantitative estimate of drug-likeness (QED) is 0.258. The number of ether oxygens (including phenoxy) is 1. The molecule has 1 aliphatic rings. The molecule has 0 bridgehead atoms. The Hall–Kier alpha value is -4.02. The first-order valence-corrected chi connectivity index (χ1v) is 13.1. The number of nitrogens with zero attached hydrogens (tertiary/aromatic N) is 4. The minimum atomic E-state index is -0.496. The van der Waals surface area contributed by atoms with E-state index in [0.717, 1.165) is 18.7 Å². The summed E-state index contributed by atoms with van der Waals surface area (Å²) < 4.78 is 10.9. The summed E-state index contributed by atoms with van der Waals surface area (Å²) in [6.45, 7) is 5.80. The predicted octanol–water partition coefficient (Wildman–Crippen LogP) is 3.54. The molecule has 0 aliphatic carbocycles. The van der Waals surface area contributed by atoms with Crippen LogP contribution in [0, 0.1) is 17.0 Å². The zero-order chi connectivity index (χ0) is 27.6. The van der Waals surface area contributed by atoms with E-state index in [1.54, 1.807) is 36.3 Å². The van der Waals surface area contributed by atoms with Crippen LogP contribution in [0.15, 0.2) is 71.3 Å². The first kappa shape index (κ1) is 28.0. The zero-order valence-electron chi connectivity index (χ0n) is 22.2. The Balaban J connectivity index is 1.53. The highest BCUT2D eigenvalue weighted by Crippen LogP contribution is 2.21. The minimum absolute atomic E-state index is 0.123. The molecule has 2 amide bonds. The predicted molar refractivity (Wildman–Crippen MR) is 145 cm³/mol. The molecule has 0 unspecified atom stereocenters. The van der Waals surface area contributed by atoms with Crippen molar-refractivity contribution in [2.24, 2.45) is 0 Å². The third-order valence-electron chi connectivity index (χ3n) is 6.85. The first-order valence-electron chi connectivity index (χ1n) is 13.1. The van der Waals surface area contributed by atoms with Crippen molar-refractivity contribution < 1.29 is 23.7 Å². The van der Waals surface area contributed by atoms with E-state index in [1.165, 1.54) is 11.0 Å². The van der Waals surface area contributed by atoms with E-state index in [9.17, 15) is 19.7 Å². The average molecular weight is 535 g/mol. The van der Waals surface area contributed by atoms with Gasteiger partial charge in [0.25, 0.3) is 11.6 Å². The summed E-state index contributed by atoms with van der Waals surface area (Å²) in [7, 11) is 0. The van der Waals surface area contributed by atoms with Gasteiger partial charge in [0.2, 0.25) is 5.91 Å². The number of morpholine rings is 1. The van der Waals surface area contributed by atoms with E-state index in [-0.39, 0.29) is 30.2 Å². The molecule has 4 rings (SSSR count). The van der Waals surface area contributed by atoms with Gasteiger partial charge in [-0.2, -0.15) is 0 Å². The van der Waals surface area contributed by atoms with Crippen LogP contribution in [-0.4, -0.2) is 83.9 Å². The van der Waals surface area contributed by atoms with Crippen LogP contribution in [0.5, 0.6) is 0 Å². The number of hydrogen-bond acceptors (Lipinski definition) is 7. The monoisotopic (exact) mass is 534 g/mol. The van der Waals surface area contributed by atoms with Crippen LogP contribution in [0.2, 0.25) is 0 Å². The van der Waals surface area contributed by atoms with E-state index in [1.807, 2.05) is 36.4 Å². The Kier molecular flexibility index (Phi) is 9.82. The van der Waals surface area contributed by atoms with Gasteiger partial charge >= 0.3 is 0 Å². The fourth-order valence-electron chi connectivity index (χ4n) is 4.52. The summed E-state index contributed by atoms with van der Waals surface area (Å²) in [6, 6.07) is 17.9. The van der Waals surface area contributed by atoms with Gasteiger partial charge in [0.1, 0.15) is 12.3 Å². The van der Waals surface area contributed by atoms with Gasteiger partial charge in [0, 0.05) is 49.9 Å². The molecule has 0 atom stereocenters. The molecule has 10 heteroatoms. The Morgan fingerprint density at radius 2 is 1.77 bits per heavy atom. The number of nitro benzene ring substituents is 1. The van der Waals surface area contributed by atoms with Gasteiger partial charge in [0.15, 0.2) is 0 Å². The van der Waals surface area contributed by atoms with Gasteiger partial charge in [-0.1, -0.05) is 36.4 Å². The Labute approximate surface area is 227 Å². The van der Waals surface area contributed by atoms with Crippen LogP contribution in [0.4, 0.5) is 5.69 Å². The lowest BCUT2D eigenvalue weighted by molar-refractivity contribution is -0.385. The lowest BCUT2D eigenvalue weighted by Crippen LogP contribution is -2.47. The normalized spacial score (nSPS) is 13.7. The molecule has 0 radical (unpaired) electrons. The molecule has 0 spiro atoms. The molecule has 3 aromatic rings. The summed E-state index contributed by atoms with van der Waals surface area (Å²) in [5, 5.41) is 11.5. The van der Waals surface area contributed by atoms with Crippen LogP contribution in [-0.2, 0) is 22.5 Å². The largest absolute Gasteiger partial charge is 0.467 e. The van der Waals surface area contributed by atoms with Gasteiger partial charge in [-0.15, -0.1) is 0 Å². The third kappa shape index (κ3) is 7.98. The molecule has 0 saturated carbocycles. The molecule has 10 nitrogen and oxygen atoms in total. The molecule has 206 valence electrons. The Bertz CT molecular complexity index is 1240. The van der Waals surface area contributed by atoms with Crippen molar-refractivity contribution in [1.82, 2.24) is 14.7 Å². The van der Waals surface area contributed by atoms with E-state index < -0.39 is 10.8 Å². The van der Waals surface area contributed by atoms with E-state index in [2.05, 4.69) is 4.90 Å². The maximum absolute atomic E-state index is 13.7. The van der Waals surface area contributed by atoms with E-state index >= 15 is 0 Å². The number of rotatable bonds is 12.